The highest BCUT2D eigenvalue weighted by atomic mass is 16.2. The molecule has 2 aromatic rings. The summed E-state index contributed by atoms with van der Waals surface area (Å²) in [5.41, 5.74) is 1.60. The highest BCUT2D eigenvalue weighted by Crippen LogP contribution is 2.20. The lowest BCUT2D eigenvalue weighted by Crippen LogP contribution is -2.50. The van der Waals surface area contributed by atoms with Gasteiger partial charge in [0.15, 0.2) is 5.82 Å². The monoisotopic (exact) mass is 367 g/mol. The molecule has 0 aliphatic carbocycles. The van der Waals surface area contributed by atoms with Crippen LogP contribution in [-0.2, 0) is 4.79 Å². The number of nitrogens with zero attached hydrogens (tertiary/aromatic N) is 5. The van der Waals surface area contributed by atoms with Gasteiger partial charge in [-0.25, -0.2) is 0 Å². The summed E-state index contributed by atoms with van der Waals surface area (Å²) in [4.78, 5) is 21.3. The maximum absolute atomic E-state index is 12.8. The molecule has 1 aliphatic heterocycles. The predicted molar refractivity (Wildman–Crippen MR) is 107 cm³/mol. The van der Waals surface area contributed by atoms with Crippen LogP contribution in [0.2, 0.25) is 0 Å². The number of rotatable bonds is 7. The molecule has 0 aromatic carbocycles. The number of aromatic nitrogens is 3. The minimum atomic E-state index is 0.184. The third-order valence-electron chi connectivity index (χ3n) is 5.12. The molecule has 0 spiro atoms. The average molecular weight is 367 g/mol. The Balaban J connectivity index is 1.58. The normalized spacial score (nSPS) is 14.6. The molecule has 1 fully saturated rings. The highest BCUT2D eigenvalue weighted by molar-refractivity contribution is 5.79. The first-order chi connectivity index (χ1) is 13.2. The summed E-state index contributed by atoms with van der Waals surface area (Å²) >= 11 is 0. The van der Waals surface area contributed by atoms with Crippen LogP contribution in [0.4, 0.5) is 5.82 Å². The van der Waals surface area contributed by atoms with Gasteiger partial charge in [0, 0.05) is 38.3 Å². The SMILES string of the molecule is CCCC(CCC)C(=O)N1CCN(c2ccc(-c3ccccn3)nn2)CC1. The van der Waals surface area contributed by atoms with Crippen molar-refractivity contribution >= 4 is 11.7 Å². The van der Waals surface area contributed by atoms with Gasteiger partial charge in [-0.15, -0.1) is 10.2 Å². The van der Waals surface area contributed by atoms with E-state index in [1.807, 2.05) is 35.2 Å². The number of hydrogen-bond donors (Lipinski definition) is 0. The zero-order valence-electron chi connectivity index (χ0n) is 16.3. The summed E-state index contributed by atoms with van der Waals surface area (Å²) in [6, 6.07) is 9.71. The van der Waals surface area contributed by atoms with Crippen molar-refractivity contribution in [3.8, 4) is 11.4 Å². The average Bonchev–Trinajstić information content (AvgIpc) is 2.74. The fraction of sp³-hybridized carbons (Fsp3) is 0.524. The zero-order valence-corrected chi connectivity index (χ0v) is 16.3. The first kappa shape index (κ1) is 19.3. The molecule has 0 saturated carbocycles. The van der Waals surface area contributed by atoms with Gasteiger partial charge in [-0.3, -0.25) is 9.78 Å². The number of amides is 1. The molecular weight excluding hydrogens is 338 g/mol. The fourth-order valence-electron chi connectivity index (χ4n) is 3.65. The number of carbonyl (C=O) groups excluding carboxylic acids is 1. The van der Waals surface area contributed by atoms with Gasteiger partial charge in [-0.1, -0.05) is 32.8 Å². The Bertz CT molecular complexity index is 705. The van der Waals surface area contributed by atoms with Crippen molar-refractivity contribution in [3.05, 3.63) is 36.5 Å². The minimum absolute atomic E-state index is 0.184. The van der Waals surface area contributed by atoms with Crippen LogP contribution >= 0.6 is 0 Å². The summed E-state index contributed by atoms with van der Waals surface area (Å²) in [6.07, 6.45) is 5.87. The van der Waals surface area contributed by atoms with Gasteiger partial charge in [0.1, 0.15) is 5.69 Å². The van der Waals surface area contributed by atoms with Crippen LogP contribution in [0, 0.1) is 5.92 Å². The van der Waals surface area contributed by atoms with Gasteiger partial charge in [0.05, 0.1) is 5.69 Å². The summed E-state index contributed by atoms with van der Waals surface area (Å²) in [7, 11) is 0. The quantitative estimate of drug-likeness (QED) is 0.750. The van der Waals surface area contributed by atoms with Crippen molar-refractivity contribution in [1.82, 2.24) is 20.1 Å². The van der Waals surface area contributed by atoms with Crippen LogP contribution in [0.5, 0.6) is 0 Å². The van der Waals surface area contributed by atoms with Gasteiger partial charge < -0.3 is 9.80 Å². The lowest BCUT2D eigenvalue weighted by atomic mass is 9.96. The Morgan fingerprint density at radius 1 is 0.963 bits per heavy atom. The molecule has 1 aliphatic rings. The van der Waals surface area contributed by atoms with Gasteiger partial charge in [-0.05, 0) is 37.1 Å². The molecular formula is C21H29N5O. The van der Waals surface area contributed by atoms with Gasteiger partial charge >= 0.3 is 0 Å². The van der Waals surface area contributed by atoms with Crippen LogP contribution in [0.3, 0.4) is 0 Å². The van der Waals surface area contributed by atoms with E-state index in [0.717, 1.165) is 69.1 Å². The molecule has 0 radical (unpaired) electrons. The Kier molecular flexibility index (Phi) is 6.74. The molecule has 3 heterocycles. The molecule has 6 heteroatoms. The second-order valence-corrected chi connectivity index (χ2v) is 7.08. The van der Waals surface area contributed by atoms with E-state index in [2.05, 4.69) is 33.9 Å². The van der Waals surface area contributed by atoms with Crippen molar-refractivity contribution < 1.29 is 4.79 Å². The lowest BCUT2D eigenvalue weighted by Gasteiger charge is -2.36. The van der Waals surface area contributed by atoms with Crippen LogP contribution in [-0.4, -0.2) is 52.2 Å². The number of pyridine rings is 1. The summed E-state index contributed by atoms with van der Waals surface area (Å²) in [5.74, 6) is 1.37. The molecule has 2 aromatic heterocycles. The maximum atomic E-state index is 12.8. The van der Waals surface area contributed by atoms with Crippen molar-refractivity contribution in [2.75, 3.05) is 31.1 Å². The van der Waals surface area contributed by atoms with E-state index < -0.39 is 0 Å². The maximum Gasteiger partial charge on any atom is 0.225 e. The molecule has 0 unspecified atom stereocenters. The van der Waals surface area contributed by atoms with Crippen molar-refractivity contribution in [3.63, 3.8) is 0 Å². The first-order valence-electron chi connectivity index (χ1n) is 10.0. The topological polar surface area (TPSA) is 62.2 Å². The second kappa shape index (κ2) is 9.44. The molecule has 3 rings (SSSR count). The molecule has 1 amide bonds. The third kappa shape index (κ3) is 4.81. The fourth-order valence-corrected chi connectivity index (χ4v) is 3.65. The third-order valence-corrected chi connectivity index (χ3v) is 5.12. The van der Waals surface area contributed by atoms with Crippen LogP contribution in [0.1, 0.15) is 39.5 Å². The van der Waals surface area contributed by atoms with E-state index >= 15 is 0 Å². The smallest absolute Gasteiger partial charge is 0.225 e. The predicted octanol–water partition coefficient (Wildman–Crippen LogP) is 3.40. The number of anilines is 1. The molecule has 144 valence electrons. The minimum Gasteiger partial charge on any atom is -0.352 e. The molecule has 0 bridgehead atoms. The Labute approximate surface area is 161 Å². The van der Waals surface area contributed by atoms with Crippen LogP contribution < -0.4 is 4.90 Å². The molecule has 0 N–H and O–H groups in total. The van der Waals surface area contributed by atoms with Crippen LogP contribution in [0.25, 0.3) is 11.4 Å². The van der Waals surface area contributed by atoms with Crippen molar-refractivity contribution in [1.29, 1.82) is 0 Å². The largest absolute Gasteiger partial charge is 0.352 e. The number of carbonyl (C=O) groups is 1. The standard InChI is InChI=1S/C21H29N5O/c1-3-7-17(8-4-2)21(27)26-15-13-25(14-16-26)20-11-10-19(23-24-20)18-9-5-6-12-22-18/h5-6,9-12,17H,3-4,7-8,13-16H2,1-2H3. The van der Waals surface area contributed by atoms with E-state index in [4.69, 9.17) is 0 Å². The molecule has 1 saturated heterocycles. The summed E-state index contributed by atoms with van der Waals surface area (Å²) in [6.45, 7) is 7.42. The van der Waals surface area contributed by atoms with E-state index in [-0.39, 0.29) is 5.92 Å². The Hall–Kier alpha value is -2.50. The Morgan fingerprint density at radius 3 is 2.26 bits per heavy atom. The van der Waals surface area contributed by atoms with E-state index in [0.29, 0.717) is 5.91 Å². The number of hydrogen-bond acceptors (Lipinski definition) is 5. The second-order valence-electron chi connectivity index (χ2n) is 7.08. The van der Waals surface area contributed by atoms with Gasteiger partial charge in [0.2, 0.25) is 5.91 Å². The van der Waals surface area contributed by atoms with Crippen LogP contribution in [0.15, 0.2) is 36.5 Å². The van der Waals surface area contributed by atoms with Crippen molar-refractivity contribution in [2.45, 2.75) is 39.5 Å². The van der Waals surface area contributed by atoms with Gasteiger partial charge in [-0.2, -0.15) is 0 Å². The first-order valence-corrected chi connectivity index (χ1v) is 10.0. The van der Waals surface area contributed by atoms with E-state index in [9.17, 15) is 4.79 Å². The summed E-state index contributed by atoms with van der Waals surface area (Å²) in [5, 5.41) is 8.70. The molecule has 6 nitrogen and oxygen atoms in total. The highest BCUT2D eigenvalue weighted by Gasteiger charge is 2.27. The zero-order chi connectivity index (χ0) is 19.1. The molecule has 0 atom stereocenters. The molecule has 27 heavy (non-hydrogen) atoms. The van der Waals surface area contributed by atoms with Crippen molar-refractivity contribution in [2.24, 2.45) is 5.92 Å². The number of piperazine rings is 1. The van der Waals surface area contributed by atoms with Gasteiger partial charge in [0.25, 0.3) is 0 Å². The van der Waals surface area contributed by atoms with E-state index in [1.165, 1.54) is 0 Å². The van der Waals surface area contributed by atoms with E-state index in [1.54, 1.807) is 6.20 Å². The Morgan fingerprint density at radius 2 is 1.70 bits per heavy atom. The summed E-state index contributed by atoms with van der Waals surface area (Å²) < 4.78 is 0. The lowest BCUT2D eigenvalue weighted by molar-refractivity contribution is -0.136.